The van der Waals surface area contributed by atoms with Crippen LogP contribution in [0.5, 0.6) is 0 Å². The molecule has 1 aliphatic rings. The van der Waals surface area contributed by atoms with Gasteiger partial charge in [-0.15, -0.1) is 0 Å². The number of amides is 2. The molecule has 4 nitrogen and oxygen atoms in total. The number of alkyl halides is 3. The maximum absolute atomic E-state index is 12.9. The fourth-order valence-corrected chi connectivity index (χ4v) is 2.72. The van der Waals surface area contributed by atoms with Gasteiger partial charge in [0.05, 0.1) is 10.6 Å². The largest absolute Gasteiger partial charge is 0.417 e. The van der Waals surface area contributed by atoms with Crippen molar-refractivity contribution in [1.29, 1.82) is 0 Å². The highest BCUT2D eigenvalue weighted by atomic mass is 35.5. The molecule has 25 heavy (non-hydrogen) atoms. The number of unbranched alkanes of at least 4 members (excludes halogenated alkanes) is 2. The maximum atomic E-state index is 12.9. The van der Waals surface area contributed by atoms with Crippen molar-refractivity contribution >= 4 is 29.1 Å². The van der Waals surface area contributed by atoms with E-state index in [4.69, 9.17) is 11.6 Å². The number of hydrogen-bond donors (Lipinski definition) is 2. The first-order valence-corrected chi connectivity index (χ1v) is 8.55. The number of nitrogens with one attached hydrogen (secondary N) is 2. The Labute approximate surface area is 149 Å². The van der Waals surface area contributed by atoms with Gasteiger partial charge in [-0.3, -0.25) is 9.59 Å². The van der Waals surface area contributed by atoms with E-state index in [9.17, 15) is 22.8 Å². The predicted molar refractivity (Wildman–Crippen MR) is 89.3 cm³/mol. The van der Waals surface area contributed by atoms with Gasteiger partial charge in [-0.05, 0) is 37.5 Å². The van der Waals surface area contributed by atoms with Crippen LogP contribution in [0, 0.1) is 5.41 Å². The lowest BCUT2D eigenvalue weighted by Gasteiger charge is -2.16. The Bertz CT molecular complexity index is 658. The summed E-state index contributed by atoms with van der Waals surface area (Å²) in [5.41, 5.74) is -2.24. The number of carbonyl (C=O) groups is 2. The first kappa shape index (κ1) is 19.6. The van der Waals surface area contributed by atoms with E-state index in [1.807, 2.05) is 6.92 Å². The SMILES string of the molecule is CCCCCNC(=O)C1(C(=O)Nc2ccc(Cl)c(C(F)(F)F)c2)CC1. The summed E-state index contributed by atoms with van der Waals surface area (Å²) < 4.78 is 38.6. The van der Waals surface area contributed by atoms with Crippen LogP contribution in [0.3, 0.4) is 0 Å². The molecule has 1 aliphatic carbocycles. The van der Waals surface area contributed by atoms with Gasteiger partial charge >= 0.3 is 6.18 Å². The van der Waals surface area contributed by atoms with Crippen LogP contribution in [0.2, 0.25) is 5.02 Å². The van der Waals surface area contributed by atoms with Gasteiger partial charge in [0, 0.05) is 12.2 Å². The van der Waals surface area contributed by atoms with Crippen LogP contribution in [-0.4, -0.2) is 18.4 Å². The second-order valence-electron chi connectivity index (χ2n) is 6.19. The highest BCUT2D eigenvalue weighted by Crippen LogP contribution is 2.47. The third-order valence-corrected chi connectivity index (χ3v) is 4.54. The number of rotatable bonds is 7. The van der Waals surface area contributed by atoms with Gasteiger partial charge in [-0.25, -0.2) is 0 Å². The summed E-state index contributed by atoms with van der Waals surface area (Å²) in [6.45, 7) is 2.53. The minimum Gasteiger partial charge on any atom is -0.355 e. The third kappa shape index (κ3) is 4.66. The Morgan fingerprint density at radius 2 is 1.88 bits per heavy atom. The molecule has 138 valence electrons. The van der Waals surface area contributed by atoms with Gasteiger partial charge in [0.25, 0.3) is 0 Å². The summed E-state index contributed by atoms with van der Waals surface area (Å²) in [7, 11) is 0. The van der Waals surface area contributed by atoms with Gasteiger partial charge in [0.15, 0.2) is 0 Å². The zero-order valence-corrected chi connectivity index (χ0v) is 14.6. The molecule has 2 amide bonds. The van der Waals surface area contributed by atoms with Crippen molar-refractivity contribution in [2.75, 3.05) is 11.9 Å². The molecular formula is C17H20ClF3N2O2. The standard InChI is InChI=1S/C17H20ClF3N2O2/c1-2-3-4-9-22-14(24)16(7-8-16)15(25)23-11-5-6-13(18)12(10-11)17(19,20)21/h5-6,10H,2-4,7-9H2,1H3,(H,22,24)(H,23,25). The lowest BCUT2D eigenvalue weighted by molar-refractivity contribution is -0.138. The molecule has 0 spiro atoms. The highest BCUT2D eigenvalue weighted by molar-refractivity contribution is 6.31. The van der Waals surface area contributed by atoms with E-state index in [1.165, 1.54) is 6.07 Å². The second kappa shape index (κ2) is 7.64. The summed E-state index contributed by atoms with van der Waals surface area (Å²) in [4.78, 5) is 24.6. The smallest absolute Gasteiger partial charge is 0.355 e. The fourth-order valence-electron chi connectivity index (χ4n) is 2.50. The Morgan fingerprint density at radius 3 is 2.44 bits per heavy atom. The summed E-state index contributed by atoms with van der Waals surface area (Å²) in [5, 5.41) is 4.70. The molecule has 0 aliphatic heterocycles. The first-order chi connectivity index (χ1) is 11.7. The minimum atomic E-state index is -4.62. The van der Waals surface area contributed by atoms with E-state index in [1.54, 1.807) is 0 Å². The van der Waals surface area contributed by atoms with Crippen molar-refractivity contribution < 1.29 is 22.8 Å². The number of halogens is 4. The van der Waals surface area contributed by atoms with Crippen LogP contribution in [0.1, 0.15) is 44.6 Å². The van der Waals surface area contributed by atoms with Gasteiger partial charge in [-0.1, -0.05) is 31.4 Å². The Morgan fingerprint density at radius 1 is 1.20 bits per heavy atom. The molecule has 2 N–H and O–H groups in total. The third-order valence-electron chi connectivity index (χ3n) is 4.21. The topological polar surface area (TPSA) is 58.2 Å². The first-order valence-electron chi connectivity index (χ1n) is 8.17. The molecule has 0 unspecified atom stereocenters. The molecule has 1 aromatic carbocycles. The van der Waals surface area contributed by atoms with E-state index in [-0.39, 0.29) is 11.6 Å². The van der Waals surface area contributed by atoms with Crippen molar-refractivity contribution in [3.63, 3.8) is 0 Å². The molecule has 1 saturated carbocycles. The Kier molecular flexibility index (Phi) is 5.98. The number of hydrogen-bond acceptors (Lipinski definition) is 2. The van der Waals surface area contributed by atoms with E-state index >= 15 is 0 Å². The summed E-state index contributed by atoms with van der Waals surface area (Å²) >= 11 is 5.56. The molecule has 1 fully saturated rings. The van der Waals surface area contributed by atoms with Crippen LogP contribution in [-0.2, 0) is 15.8 Å². The maximum Gasteiger partial charge on any atom is 0.417 e. The average molecular weight is 377 g/mol. The van der Waals surface area contributed by atoms with Crippen LogP contribution >= 0.6 is 11.6 Å². The van der Waals surface area contributed by atoms with Crippen molar-refractivity contribution in [1.82, 2.24) is 5.32 Å². The van der Waals surface area contributed by atoms with Crippen LogP contribution in [0.4, 0.5) is 18.9 Å². The molecule has 0 atom stereocenters. The quantitative estimate of drug-likeness (QED) is 0.548. The van der Waals surface area contributed by atoms with E-state index in [0.29, 0.717) is 19.4 Å². The molecular weight excluding hydrogens is 357 g/mol. The number of benzene rings is 1. The Balaban J connectivity index is 2.03. The van der Waals surface area contributed by atoms with Gasteiger partial charge in [0.2, 0.25) is 11.8 Å². The molecule has 0 heterocycles. The molecule has 0 aromatic heterocycles. The van der Waals surface area contributed by atoms with Crippen molar-refractivity contribution in [2.45, 2.75) is 45.2 Å². The van der Waals surface area contributed by atoms with Crippen LogP contribution in [0.15, 0.2) is 18.2 Å². The van der Waals surface area contributed by atoms with E-state index < -0.39 is 28.1 Å². The van der Waals surface area contributed by atoms with Crippen molar-refractivity contribution in [3.8, 4) is 0 Å². The molecule has 8 heteroatoms. The lowest BCUT2D eigenvalue weighted by atomic mass is 10.0. The molecule has 0 bridgehead atoms. The van der Waals surface area contributed by atoms with Gasteiger partial charge in [-0.2, -0.15) is 13.2 Å². The monoisotopic (exact) mass is 376 g/mol. The fraction of sp³-hybridized carbons (Fsp3) is 0.529. The van der Waals surface area contributed by atoms with Crippen LogP contribution < -0.4 is 10.6 Å². The zero-order valence-electron chi connectivity index (χ0n) is 13.8. The van der Waals surface area contributed by atoms with Gasteiger partial charge < -0.3 is 10.6 Å². The second-order valence-corrected chi connectivity index (χ2v) is 6.60. The minimum absolute atomic E-state index is 0.0354. The van der Waals surface area contributed by atoms with Crippen molar-refractivity contribution in [3.05, 3.63) is 28.8 Å². The van der Waals surface area contributed by atoms with Crippen LogP contribution in [0.25, 0.3) is 0 Å². The lowest BCUT2D eigenvalue weighted by Crippen LogP contribution is -2.40. The summed E-state index contributed by atoms with van der Waals surface area (Å²) in [6.07, 6.45) is -1.03. The van der Waals surface area contributed by atoms with Gasteiger partial charge in [0.1, 0.15) is 5.41 Å². The highest BCUT2D eigenvalue weighted by Gasteiger charge is 2.56. The zero-order chi connectivity index (χ0) is 18.7. The van der Waals surface area contributed by atoms with Crippen molar-refractivity contribution in [2.24, 2.45) is 5.41 Å². The number of carbonyl (C=O) groups excluding carboxylic acids is 2. The Hall–Kier alpha value is -1.76. The van der Waals surface area contributed by atoms with E-state index in [0.717, 1.165) is 31.4 Å². The van der Waals surface area contributed by atoms with E-state index in [2.05, 4.69) is 10.6 Å². The number of anilines is 1. The summed E-state index contributed by atoms with van der Waals surface area (Å²) in [6, 6.07) is 3.13. The molecule has 1 aromatic rings. The average Bonchev–Trinajstić information content (AvgIpc) is 3.34. The summed E-state index contributed by atoms with van der Waals surface area (Å²) in [5.74, 6) is -0.956. The predicted octanol–water partition coefficient (Wildman–Crippen LogP) is 4.38. The molecule has 0 saturated heterocycles. The molecule has 2 rings (SSSR count). The normalized spacial score (nSPS) is 15.6. The molecule has 0 radical (unpaired) electrons.